The maximum absolute atomic E-state index is 12.0. The smallest absolute Gasteiger partial charge is 0.257 e. The molecule has 0 fully saturated rings. The van der Waals surface area contributed by atoms with E-state index in [1.54, 1.807) is 30.6 Å². The molecule has 1 amide bonds. The summed E-state index contributed by atoms with van der Waals surface area (Å²) >= 11 is 3.29. The summed E-state index contributed by atoms with van der Waals surface area (Å²) in [5.74, 6) is 0.977. The highest BCUT2D eigenvalue weighted by molar-refractivity contribution is 9.10. The van der Waals surface area contributed by atoms with Gasteiger partial charge in [0.15, 0.2) is 0 Å². The van der Waals surface area contributed by atoms with Gasteiger partial charge in [0.2, 0.25) is 0 Å². The molecule has 2 N–H and O–H groups in total. The molecule has 0 aliphatic heterocycles. The van der Waals surface area contributed by atoms with Crippen LogP contribution in [0.1, 0.15) is 17.3 Å². The van der Waals surface area contributed by atoms with E-state index in [0.29, 0.717) is 17.2 Å². The lowest BCUT2D eigenvalue weighted by atomic mass is 10.2. The second kappa shape index (κ2) is 6.29. The summed E-state index contributed by atoms with van der Waals surface area (Å²) in [6, 6.07) is 6.92. The highest BCUT2D eigenvalue weighted by Gasteiger charge is 2.07. The van der Waals surface area contributed by atoms with Crippen LogP contribution >= 0.6 is 15.9 Å². The fourth-order valence-corrected chi connectivity index (χ4v) is 1.72. The predicted octanol–water partition coefficient (Wildman–Crippen LogP) is 2.92. The molecule has 0 aliphatic carbocycles. The fraction of sp³-hybridized carbons (Fsp3) is 0.154. The molecular weight excluding hydrogens is 308 g/mol. The molecule has 2 aromatic rings. The highest BCUT2D eigenvalue weighted by Crippen LogP contribution is 2.12. The molecule has 98 valence electrons. The topological polar surface area (TPSA) is 66.9 Å². The van der Waals surface area contributed by atoms with E-state index >= 15 is 0 Å². The van der Waals surface area contributed by atoms with Crippen molar-refractivity contribution in [3.63, 3.8) is 0 Å². The number of nitrogens with one attached hydrogen (secondary N) is 2. The number of carbonyl (C=O) groups is 1. The van der Waals surface area contributed by atoms with Crippen molar-refractivity contribution in [3.05, 3.63) is 46.7 Å². The van der Waals surface area contributed by atoms with Gasteiger partial charge in [-0.3, -0.25) is 4.79 Å². The van der Waals surface area contributed by atoms with Crippen molar-refractivity contribution in [1.29, 1.82) is 0 Å². The van der Waals surface area contributed by atoms with Crippen molar-refractivity contribution in [2.24, 2.45) is 0 Å². The lowest BCUT2D eigenvalue weighted by Gasteiger charge is -2.06. The number of pyridine rings is 2. The zero-order valence-electron chi connectivity index (χ0n) is 10.4. The molecule has 0 bridgehead atoms. The van der Waals surface area contributed by atoms with Crippen LogP contribution in [0.25, 0.3) is 0 Å². The average molecular weight is 321 g/mol. The van der Waals surface area contributed by atoms with Crippen LogP contribution in [-0.2, 0) is 0 Å². The molecular formula is C13H13BrN4O. The van der Waals surface area contributed by atoms with Crippen LogP contribution in [-0.4, -0.2) is 22.4 Å². The first kappa shape index (κ1) is 13.5. The van der Waals surface area contributed by atoms with Gasteiger partial charge in [0.1, 0.15) is 11.6 Å². The monoisotopic (exact) mass is 320 g/mol. The standard InChI is InChI=1S/C13H13BrN4O/c1-2-15-12-7-9(5-6-16-12)13(19)18-11-4-3-10(14)8-17-11/h3-8H,2H2,1H3,(H,15,16)(H,17,18,19). The third-order valence-electron chi connectivity index (χ3n) is 2.35. The van der Waals surface area contributed by atoms with Crippen LogP contribution in [0.15, 0.2) is 41.1 Å². The number of hydrogen-bond acceptors (Lipinski definition) is 4. The molecule has 19 heavy (non-hydrogen) atoms. The second-order valence-corrected chi connectivity index (χ2v) is 4.69. The Balaban J connectivity index is 2.11. The van der Waals surface area contributed by atoms with Gasteiger partial charge in [-0.15, -0.1) is 0 Å². The molecule has 0 unspecified atom stereocenters. The molecule has 0 radical (unpaired) electrons. The normalized spacial score (nSPS) is 10.0. The average Bonchev–Trinajstić information content (AvgIpc) is 2.42. The summed E-state index contributed by atoms with van der Waals surface area (Å²) in [6.07, 6.45) is 3.23. The van der Waals surface area contributed by atoms with Gasteiger partial charge in [0, 0.05) is 29.0 Å². The summed E-state index contributed by atoms with van der Waals surface area (Å²) in [6.45, 7) is 2.73. The Morgan fingerprint density at radius 2 is 2.11 bits per heavy atom. The Kier molecular flexibility index (Phi) is 4.46. The van der Waals surface area contributed by atoms with Gasteiger partial charge < -0.3 is 10.6 Å². The highest BCUT2D eigenvalue weighted by atomic mass is 79.9. The fourth-order valence-electron chi connectivity index (χ4n) is 1.49. The number of halogens is 1. The van der Waals surface area contributed by atoms with Gasteiger partial charge in [0.05, 0.1) is 0 Å². The zero-order chi connectivity index (χ0) is 13.7. The summed E-state index contributed by atoms with van der Waals surface area (Å²) in [5, 5.41) is 5.79. The maximum atomic E-state index is 12.0. The maximum Gasteiger partial charge on any atom is 0.257 e. The van der Waals surface area contributed by atoms with E-state index < -0.39 is 0 Å². The largest absolute Gasteiger partial charge is 0.370 e. The van der Waals surface area contributed by atoms with Crippen LogP contribution in [0.2, 0.25) is 0 Å². The third kappa shape index (κ3) is 3.75. The van der Waals surface area contributed by atoms with Crippen LogP contribution in [0.4, 0.5) is 11.6 Å². The first-order valence-corrected chi connectivity index (χ1v) is 6.61. The molecule has 2 heterocycles. The molecule has 0 spiro atoms. The summed E-state index contributed by atoms with van der Waals surface area (Å²) in [5.41, 5.74) is 0.538. The Labute approximate surface area is 119 Å². The summed E-state index contributed by atoms with van der Waals surface area (Å²) in [7, 11) is 0. The molecule has 2 rings (SSSR count). The number of hydrogen-bond donors (Lipinski definition) is 2. The van der Waals surface area contributed by atoms with Crippen LogP contribution in [0.3, 0.4) is 0 Å². The lowest BCUT2D eigenvalue weighted by molar-refractivity contribution is 0.102. The van der Waals surface area contributed by atoms with Gasteiger partial charge in [0.25, 0.3) is 5.91 Å². The number of amides is 1. The van der Waals surface area contributed by atoms with Gasteiger partial charge >= 0.3 is 0 Å². The molecule has 2 aromatic heterocycles. The number of aromatic nitrogens is 2. The molecule has 0 atom stereocenters. The number of rotatable bonds is 4. The van der Waals surface area contributed by atoms with E-state index in [9.17, 15) is 4.79 Å². The Morgan fingerprint density at radius 1 is 1.26 bits per heavy atom. The summed E-state index contributed by atoms with van der Waals surface area (Å²) in [4.78, 5) is 20.2. The lowest BCUT2D eigenvalue weighted by Crippen LogP contribution is -2.13. The number of nitrogens with zero attached hydrogens (tertiary/aromatic N) is 2. The predicted molar refractivity (Wildman–Crippen MR) is 78.3 cm³/mol. The van der Waals surface area contributed by atoms with E-state index in [1.807, 2.05) is 13.0 Å². The SMILES string of the molecule is CCNc1cc(C(=O)Nc2ccc(Br)cn2)ccn1. The van der Waals surface area contributed by atoms with Crippen molar-refractivity contribution in [2.45, 2.75) is 6.92 Å². The zero-order valence-corrected chi connectivity index (χ0v) is 11.9. The van der Waals surface area contributed by atoms with Gasteiger partial charge in [-0.05, 0) is 47.1 Å². The molecule has 0 aliphatic rings. The molecule has 0 aromatic carbocycles. The minimum Gasteiger partial charge on any atom is -0.370 e. The van der Waals surface area contributed by atoms with Crippen molar-refractivity contribution in [1.82, 2.24) is 9.97 Å². The van der Waals surface area contributed by atoms with Crippen molar-refractivity contribution >= 4 is 33.5 Å². The third-order valence-corrected chi connectivity index (χ3v) is 2.82. The molecule has 0 saturated heterocycles. The molecule has 0 saturated carbocycles. The molecule has 5 nitrogen and oxygen atoms in total. The van der Waals surface area contributed by atoms with Gasteiger partial charge in [-0.25, -0.2) is 9.97 Å². The van der Waals surface area contributed by atoms with E-state index in [2.05, 4.69) is 36.5 Å². The minimum atomic E-state index is -0.212. The van der Waals surface area contributed by atoms with Gasteiger partial charge in [-0.1, -0.05) is 0 Å². The molecule has 6 heteroatoms. The van der Waals surface area contributed by atoms with E-state index in [0.717, 1.165) is 11.0 Å². The number of anilines is 2. The van der Waals surface area contributed by atoms with Gasteiger partial charge in [-0.2, -0.15) is 0 Å². The second-order valence-electron chi connectivity index (χ2n) is 3.78. The van der Waals surface area contributed by atoms with Crippen LogP contribution < -0.4 is 10.6 Å². The van der Waals surface area contributed by atoms with E-state index in [4.69, 9.17) is 0 Å². The van der Waals surface area contributed by atoms with Crippen LogP contribution in [0.5, 0.6) is 0 Å². The quantitative estimate of drug-likeness (QED) is 0.909. The first-order chi connectivity index (χ1) is 9.19. The van der Waals surface area contributed by atoms with Crippen molar-refractivity contribution in [3.8, 4) is 0 Å². The number of carbonyl (C=O) groups excluding carboxylic acids is 1. The van der Waals surface area contributed by atoms with E-state index in [1.165, 1.54) is 0 Å². The Hall–Kier alpha value is -1.95. The van der Waals surface area contributed by atoms with E-state index in [-0.39, 0.29) is 5.91 Å². The first-order valence-electron chi connectivity index (χ1n) is 5.82. The van der Waals surface area contributed by atoms with Crippen LogP contribution in [0, 0.1) is 0 Å². The van der Waals surface area contributed by atoms with Crippen molar-refractivity contribution < 1.29 is 4.79 Å². The summed E-state index contributed by atoms with van der Waals surface area (Å²) < 4.78 is 0.865. The Bertz CT molecular complexity index is 571. The Morgan fingerprint density at radius 3 is 2.79 bits per heavy atom. The minimum absolute atomic E-state index is 0.212. The van der Waals surface area contributed by atoms with Crippen molar-refractivity contribution in [2.75, 3.05) is 17.2 Å².